The molecule has 0 fully saturated rings. The van der Waals surface area contributed by atoms with Crippen molar-refractivity contribution >= 4 is 23.5 Å². The average molecular weight is 437 g/mol. The molecule has 2 heterocycles. The van der Waals surface area contributed by atoms with Gasteiger partial charge in [-0.05, 0) is 57.0 Å². The van der Waals surface area contributed by atoms with Gasteiger partial charge in [-0.15, -0.1) is 0 Å². The Hall–Kier alpha value is -3.68. The van der Waals surface area contributed by atoms with E-state index in [1.165, 1.54) is 7.11 Å². The highest BCUT2D eigenvalue weighted by Gasteiger charge is 2.24. The number of aromatic nitrogens is 1. The highest BCUT2D eigenvalue weighted by atomic mass is 16.6. The van der Waals surface area contributed by atoms with Crippen LogP contribution >= 0.6 is 0 Å². The summed E-state index contributed by atoms with van der Waals surface area (Å²) in [7, 11) is 1.31. The van der Waals surface area contributed by atoms with Crippen molar-refractivity contribution in [1.29, 1.82) is 0 Å². The summed E-state index contributed by atoms with van der Waals surface area (Å²) in [6.07, 6.45) is 2.18. The molecule has 2 aromatic rings. The van der Waals surface area contributed by atoms with Crippen molar-refractivity contribution in [3.63, 3.8) is 0 Å². The number of hydrogen-bond donors (Lipinski definition) is 1. The second kappa shape index (κ2) is 9.21. The van der Waals surface area contributed by atoms with Crippen molar-refractivity contribution in [1.82, 2.24) is 9.88 Å². The summed E-state index contributed by atoms with van der Waals surface area (Å²) >= 11 is 0. The van der Waals surface area contributed by atoms with Crippen molar-refractivity contribution in [3.8, 4) is 11.3 Å². The van der Waals surface area contributed by atoms with Gasteiger partial charge < -0.3 is 20.1 Å². The monoisotopic (exact) mass is 437 g/mol. The van der Waals surface area contributed by atoms with Crippen LogP contribution in [-0.2, 0) is 9.47 Å². The minimum Gasteiger partial charge on any atom is -0.465 e. The Kier molecular flexibility index (Phi) is 6.62. The van der Waals surface area contributed by atoms with Gasteiger partial charge in [0.15, 0.2) is 0 Å². The van der Waals surface area contributed by atoms with Crippen LogP contribution in [0.5, 0.6) is 0 Å². The smallest absolute Gasteiger partial charge is 0.410 e. The molecule has 0 saturated heterocycles. The summed E-state index contributed by atoms with van der Waals surface area (Å²) in [4.78, 5) is 42.3. The van der Waals surface area contributed by atoms with Crippen molar-refractivity contribution < 1.29 is 23.9 Å². The molecule has 1 aromatic carbocycles. The third kappa shape index (κ3) is 5.32. The molecule has 32 heavy (non-hydrogen) atoms. The van der Waals surface area contributed by atoms with Crippen LogP contribution in [0.15, 0.2) is 42.5 Å². The van der Waals surface area contributed by atoms with E-state index in [-0.39, 0.29) is 11.7 Å². The molecule has 1 aliphatic rings. The molecular formula is C24H27N3O5. The topological polar surface area (TPSA) is 112 Å². The molecule has 2 amide bonds. The Balaban J connectivity index is 1.87. The number of carbonyl (C=O) groups excluding carboxylic acids is 3. The van der Waals surface area contributed by atoms with Gasteiger partial charge in [0.25, 0.3) is 5.91 Å². The number of rotatable bonds is 4. The number of carbonyl (C=O) groups is 3. The third-order valence-corrected chi connectivity index (χ3v) is 4.93. The number of pyridine rings is 1. The first-order valence-corrected chi connectivity index (χ1v) is 10.3. The minimum absolute atomic E-state index is 0.284. The molecule has 0 saturated carbocycles. The number of ether oxygens (including phenoxy) is 2. The molecule has 0 radical (unpaired) electrons. The summed E-state index contributed by atoms with van der Waals surface area (Å²) in [5.41, 5.74) is 8.43. The van der Waals surface area contributed by atoms with Gasteiger partial charge in [-0.2, -0.15) is 0 Å². The van der Waals surface area contributed by atoms with Gasteiger partial charge in [-0.1, -0.05) is 18.2 Å². The van der Waals surface area contributed by atoms with E-state index in [0.717, 1.165) is 5.57 Å². The lowest BCUT2D eigenvalue weighted by Crippen LogP contribution is -2.39. The van der Waals surface area contributed by atoms with Crippen LogP contribution in [0.25, 0.3) is 16.8 Å². The molecule has 1 aliphatic heterocycles. The Labute approximate surface area is 187 Å². The number of methoxy groups -OCH3 is 1. The molecule has 0 spiro atoms. The van der Waals surface area contributed by atoms with Crippen LogP contribution in [0.3, 0.4) is 0 Å². The van der Waals surface area contributed by atoms with Crippen LogP contribution in [0.2, 0.25) is 0 Å². The van der Waals surface area contributed by atoms with Crippen molar-refractivity contribution in [2.75, 3.05) is 20.2 Å². The molecular weight excluding hydrogens is 410 g/mol. The largest absolute Gasteiger partial charge is 0.465 e. The second-order valence-corrected chi connectivity index (χ2v) is 8.43. The molecule has 2 N–H and O–H groups in total. The molecule has 168 valence electrons. The lowest BCUT2D eigenvalue weighted by atomic mass is 9.99. The fourth-order valence-electron chi connectivity index (χ4n) is 3.33. The molecule has 3 rings (SSSR count). The van der Waals surface area contributed by atoms with E-state index in [1.807, 2.05) is 26.8 Å². The van der Waals surface area contributed by atoms with Gasteiger partial charge in [0, 0.05) is 18.7 Å². The lowest BCUT2D eigenvalue weighted by Gasteiger charge is -2.29. The second-order valence-electron chi connectivity index (χ2n) is 8.43. The van der Waals surface area contributed by atoms with Gasteiger partial charge in [-0.25, -0.2) is 14.6 Å². The Morgan fingerprint density at radius 3 is 2.28 bits per heavy atom. The lowest BCUT2D eigenvalue weighted by molar-refractivity contribution is 0.0270. The van der Waals surface area contributed by atoms with Gasteiger partial charge in [0.2, 0.25) is 0 Å². The van der Waals surface area contributed by atoms with Crippen LogP contribution in [0, 0.1) is 0 Å². The van der Waals surface area contributed by atoms with E-state index in [4.69, 9.17) is 20.2 Å². The van der Waals surface area contributed by atoms with E-state index >= 15 is 0 Å². The van der Waals surface area contributed by atoms with E-state index in [9.17, 15) is 14.4 Å². The van der Waals surface area contributed by atoms with Gasteiger partial charge in [0.1, 0.15) is 5.60 Å². The van der Waals surface area contributed by atoms with Crippen molar-refractivity contribution in [2.45, 2.75) is 32.8 Å². The van der Waals surface area contributed by atoms with Gasteiger partial charge in [0.05, 0.1) is 29.6 Å². The van der Waals surface area contributed by atoms with E-state index in [1.54, 1.807) is 41.3 Å². The van der Waals surface area contributed by atoms with Crippen LogP contribution < -0.4 is 5.73 Å². The Morgan fingerprint density at radius 1 is 1.06 bits per heavy atom. The predicted octanol–water partition coefficient (Wildman–Crippen LogP) is 3.66. The summed E-state index contributed by atoms with van der Waals surface area (Å²) in [5.74, 6) is -1.04. The summed E-state index contributed by atoms with van der Waals surface area (Å²) in [6.45, 7) is 6.41. The van der Waals surface area contributed by atoms with Crippen molar-refractivity contribution in [2.24, 2.45) is 5.73 Å². The predicted molar refractivity (Wildman–Crippen MR) is 120 cm³/mol. The fourth-order valence-corrected chi connectivity index (χ4v) is 3.33. The van der Waals surface area contributed by atoms with Crippen LogP contribution in [0.4, 0.5) is 4.79 Å². The first-order valence-electron chi connectivity index (χ1n) is 10.3. The fraction of sp³-hybridized carbons (Fsp3) is 0.333. The number of benzene rings is 1. The van der Waals surface area contributed by atoms with E-state index in [2.05, 4.69) is 0 Å². The number of primary amides is 1. The zero-order valence-corrected chi connectivity index (χ0v) is 18.7. The maximum absolute atomic E-state index is 12.3. The molecule has 0 bridgehead atoms. The Bertz CT molecular complexity index is 1070. The summed E-state index contributed by atoms with van der Waals surface area (Å²) < 4.78 is 10.2. The van der Waals surface area contributed by atoms with Crippen LogP contribution in [-0.4, -0.2) is 53.7 Å². The SMILES string of the molecule is COC(=O)c1ccc(-c2nc(C3=CCN(C(=O)OC(C)(C)C)CC3)ccc2C(N)=O)cc1. The standard InChI is InChI=1S/C24H27N3O5/c1-24(2,3)32-23(30)27-13-11-15(12-14-27)19-10-9-18(21(25)28)20(26-19)16-5-7-17(8-6-16)22(29)31-4/h5-11H,12-14H2,1-4H3,(H2,25,28). The minimum atomic E-state index is -0.593. The molecule has 8 nitrogen and oxygen atoms in total. The number of hydrogen-bond acceptors (Lipinski definition) is 6. The number of esters is 1. The quantitative estimate of drug-likeness (QED) is 0.731. The first kappa shape index (κ1) is 23.0. The highest BCUT2D eigenvalue weighted by Crippen LogP contribution is 2.28. The van der Waals surface area contributed by atoms with Gasteiger partial charge >= 0.3 is 12.1 Å². The normalized spacial score (nSPS) is 13.9. The zero-order valence-electron chi connectivity index (χ0n) is 18.7. The third-order valence-electron chi connectivity index (χ3n) is 4.93. The first-order chi connectivity index (χ1) is 15.1. The molecule has 0 unspecified atom stereocenters. The molecule has 1 aromatic heterocycles. The van der Waals surface area contributed by atoms with E-state index < -0.39 is 17.5 Å². The number of nitrogens with two attached hydrogens (primary N) is 1. The molecule has 0 atom stereocenters. The highest BCUT2D eigenvalue weighted by molar-refractivity contribution is 5.99. The number of nitrogens with zero attached hydrogens (tertiary/aromatic N) is 2. The molecule has 8 heteroatoms. The van der Waals surface area contributed by atoms with Gasteiger partial charge in [-0.3, -0.25) is 4.79 Å². The van der Waals surface area contributed by atoms with E-state index in [0.29, 0.717) is 42.0 Å². The molecule has 0 aliphatic carbocycles. The van der Waals surface area contributed by atoms with Crippen LogP contribution in [0.1, 0.15) is 53.6 Å². The summed E-state index contributed by atoms with van der Waals surface area (Å²) in [6, 6.07) is 10.0. The maximum Gasteiger partial charge on any atom is 0.410 e. The Morgan fingerprint density at radius 2 is 1.75 bits per heavy atom. The zero-order chi connectivity index (χ0) is 23.5. The summed E-state index contributed by atoms with van der Waals surface area (Å²) in [5, 5.41) is 0. The average Bonchev–Trinajstić information content (AvgIpc) is 2.77. The maximum atomic E-state index is 12.3. The van der Waals surface area contributed by atoms with Crippen molar-refractivity contribution in [3.05, 3.63) is 59.3 Å². The number of amides is 2.